The third kappa shape index (κ3) is 4.85. The normalized spacial score (nSPS) is 11.2. The molecule has 0 aliphatic rings. The van der Waals surface area contributed by atoms with Gasteiger partial charge in [-0.25, -0.2) is 0 Å². The van der Waals surface area contributed by atoms with E-state index in [1.54, 1.807) is 0 Å². The van der Waals surface area contributed by atoms with Crippen molar-refractivity contribution in [1.29, 1.82) is 0 Å². The maximum atomic E-state index is 4.80. The van der Waals surface area contributed by atoms with Gasteiger partial charge in [-0.2, -0.15) is 0 Å². The number of hydrogen-bond donors (Lipinski definition) is 0. The maximum absolute atomic E-state index is 4.80. The van der Waals surface area contributed by atoms with Crippen LogP contribution in [0.1, 0.15) is 38.9 Å². The highest BCUT2D eigenvalue weighted by atomic mass is 14.7. The molecule has 33 heavy (non-hydrogen) atoms. The predicted molar refractivity (Wildman–Crippen MR) is 146 cm³/mol. The Labute approximate surface area is 199 Å². The second-order valence-electron chi connectivity index (χ2n) is 9.28. The van der Waals surface area contributed by atoms with Gasteiger partial charge in [0, 0.05) is 6.21 Å². The molecule has 0 N–H and O–H groups in total. The monoisotopic (exact) mass is 429 g/mol. The molecule has 0 saturated carbocycles. The third-order valence-corrected chi connectivity index (χ3v) is 6.47. The van der Waals surface area contributed by atoms with Crippen LogP contribution in [-0.4, -0.2) is 12.9 Å². The van der Waals surface area contributed by atoms with Crippen LogP contribution in [0.2, 0.25) is 0 Å². The summed E-state index contributed by atoms with van der Waals surface area (Å²) < 4.78 is 0. The second kappa shape index (κ2) is 9.62. The number of benzene rings is 4. The molecule has 0 saturated heterocycles. The smallest absolute Gasteiger partial charge is 0.243 e. The lowest BCUT2D eigenvalue weighted by molar-refractivity contribution is 1.34. The number of hydrogen-bond acceptors (Lipinski definition) is 1. The van der Waals surface area contributed by atoms with Gasteiger partial charge in [-0.3, -0.25) is 4.99 Å². The molecule has 0 aliphatic heterocycles. The predicted octanol–water partition coefficient (Wildman–Crippen LogP) is 5.80. The van der Waals surface area contributed by atoms with Gasteiger partial charge in [0.15, 0.2) is 0 Å². The highest BCUT2D eigenvalue weighted by Gasteiger charge is 2.29. The van der Waals surface area contributed by atoms with Gasteiger partial charge in [-0.05, 0) is 59.2 Å². The molecular weight excluding hydrogens is 397 g/mol. The Morgan fingerprint density at radius 1 is 0.576 bits per heavy atom. The lowest BCUT2D eigenvalue weighted by Crippen LogP contribution is -2.56. The van der Waals surface area contributed by atoms with E-state index in [2.05, 4.69) is 90.1 Å². The topological polar surface area (TPSA) is 12.4 Å². The van der Waals surface area contributed by atoms with Crippen molar-refractivity contribution in [2.24, 2.45) is 4.99 Å². The SMILES string of the molecule is Cc1cc(C)c(B(c2ccccc2C=Nc2ccccc2)c2c(C)cc(C)cc2C)c(C)c1. The summed E-state index contributed by atoms with van der Waals surface area (Å²) in [5.74, 6) is 0. The Morgan fingerprint density at radius 2 is 1.03 bits per heavy atom. The van der Waals surface area contributed by atoms with Crippen molar-refractivity contribution in [3.05, 3.63) is 118 Å². The molecule has 0 radical (unpaired) electrons. The number of rotatable bonds is 5. The average molecular weight is 429 g/mol. The largest absolute Gasteiger partial charge is 0.256 e. The molecule has 164 valence electrons. The Morgan fingerprint density at radius 3 is 1.55 bits per heavy atom. The first-order valence-corrected chi connectivity index (χ1v) is 11.7. The Hall–Kier alpha value is -3.39. The maximum Gasteiger partial charge on any atom is 0.243 e. The summed E-state index contributed by atoms with van der Waals surface area (Å²) in [6, 6.07) is 28.1. The van der Waals surface area contributed by atoms with Crippen molar-refractivity contribution in [1.82, 2.24) is 0 Å². The molecule has 0 amide bonds. The summed E-state index contributed by atoms with van der Waals surface area (Å²) in [5, 5.41) is 0. The fourth-order valence-electron chi connectivity index (χ4n) is 5.30. The van der Waals surface area contributed by atoms with E-state index in [1.165, 1.54) is 49.8 Å². The van der Waals surface area contributed by atoms with Gasteiger partial charge < -0.3 is 0 Å². The number of nitrogens with zero attached hydrogens (tertiary/aromatic N) is 1. The lowest BCUT2D eigenvalue weighted by Gasteiger charge is -2.25. The zero-order chi connectivity index (χ0) is 23.5. The number of aryl methyl sites for hydroxylation is 6. The molecule has 0 bridgehead atoms. The van der Waals surface area contributed by atoms with E-state index in [0.717, 1.165) is 11.3 Å². The van der Waals surface area contributed by atoms with Gasteiger partial charge in [-0.1, -0.05) is 116 Å². The second-order valence-corrected chi connectivity index (χ2v) is 9.28. The van der Waals surface area contributed by atoms with E-state index < -0.39 is 0 Å². The van der Waals surface area contributed by atoms with E-state index in [4.69, 9.17) is 4.99 Å². The molecule has 0 spiro atoms. The van der Waals surface area contributed by atoms with Crippen LogP contribution in [0.15, 0.2) is 83.9 Å². The summed E-state index contributed by atoms with van der Waals surface area (Å²) >= 11 is 0. The van der Waals surface area contributed by atoms with Crippen LogP contribution in [0.25, 0.3) is 0 Å². The first-order chi connectivity index (χ1) is 15.8. The highest BCUT2D eigenvalue weighted by molar-refractivity contribution is 6.97. The van der Waals surface area contributed by atoms with Crippen LogP contribution in [0, 0.1) is 41.5 Å². The van der Waals surface area contributed by atoms with Crippen molar-refractivity contribution in [3.63, 3.8) is 0 Å². The number of para-hydroxylation sites is 1. The van der Waals surface area contributed by atoms with Crippen molar-refractivity contribution in [2.75, 3.05) is 0 Å². The van der Waals surface area contributed by atoms with Gasteiger partial charge in [0.05, 0.1) is 5.69 Å². The molecule has 4 rings (SSSR count). The molecule has 1 nitrogen and oxygen atoms in total. The van der Waals surface area contributed by atoms with Gasteiger partial charge in [0.2, 0.25) is 6.71 Å². The summed E-state index contributed by atoms with van der Waals surface area (Å²) in [6.45, 7) is 13.5. The van der Waals surface area contributed by atoms with Gasteiger partial charge >= 0.3 is 0 Å². The minimum absolute atomic E-state index is 0.143. The molecule has 0 heterocycles. The average Bonchev–Trinajstić information content (AvgIpc) is 2.76. The fourth-order valence-corrected chi connectivity index (χ4v) is 5.30. The first-order valence-electron chi connectivity index (χ1n) is 11.7. The van der Waals surface area contributed by atoms with Gasteiger partial charge in [0.1, 0.15) is 0 Å². The minimum atomic E-state index is 0.143. The van der Waals surface area contributed by atoms with Crippen LogP contribution in [0.4, 0.5) is 5.69 Å². The Kier molecular flexibility index (Phi) is 6.65. The molecule has 0 fully saturated rings. The first kappa shape index (κ1) is 22.8. The van der Waals surface area contributed by atoms with Crippen LogP contribution >= 0.6 is 0 Å². The van der Waals surface area contributed by atoms with Crippen LogP contribution < -0.4 is 16.4 Å². The molecular formula is C31H32BN. The van der Waals surface area contributed by atoms with Crippen molar-refractivity contribution < 1.29 is 0 Å². The van der Waals surface area contributed by atoms with Crippen LogP contribution in [0.3, 0.4) is 0 Å². The van der Waals surface area contributed by atoms with E-state index in [9.17, 15) is 0 Å². The Bertz CT molecular complexity index is 1210. The van der Waals surface area contributed by atoms with Crippen molar-refractivity contribution in [2.45, 2.75) is 41.5 Å². The summed E-state index contributed by atoms with van der Waals surface area (Å²) in [6.07, 6.45) is 2.02. The molecule has 4 aromatic carbocycles. The standard InChI is InChI=1S/C31H32BN/c1-21-16-23(3)30(24(4)17-21)32(31-25(5)18-22(2)19-26(31)6)29-15-11-10-12-27(29)20-33-28-13-8-7-9-14-28/h7-20H,1-6H3. The van der Waals surface area contributed by atoms with Crippen molar-refractivity contribution >= 4 is 35.0 Å². The van der Waals surface area contributed by atoms with Crippen LogP contribution in [0.5, 0.6) is 0 Å². The molecule has 0 unspecified atom stereocenters. The fraction of sp³-hybridized carbons (Fsp3) is 0.194. The molecule has 4 aromatic rings. The van der Waals surface area contributed by atoms with E-state index in [-0.39, 0.29) is 6.71 Å². The summed E-state index contributed by atoms with van der Waals surface area (Å²) in [5.41, 5.74) is 14.2. The van der Waals surface area contributed by atoms with E-state index in [0.29, 0.717) is 0 Å². The van der Waals surface area contributed by atoms with E-state index >= 15 is 0 Å². The Balaban J connectivity index is 1.98. The van der Waals surface area contributed by atoms with Crippen molar-refractivity contribution in [3.8, 4) is 0 Å². The zero-order valence-electron chi connectivity index (χ0n) is 20.6. The molecule has 2 heteroatoms. The molecule has 0 aromatic heterocycles. The lowest BCUT2D eigenvalue weighted by atomic mass is 9.33. The van der Waals surface area contributed by atoms with Gasteiger partial charge in [0.25, 0.3) is 0 Å². The highest BCUT2D eigenvalue weighted by Crippen LogP contribution is 2.14. The number of aliphatic imine (C=N–C) groups is 1. The molecule has 0 aliphatic carbocycles. The summed E-state index contributed by atoms with van der Waals surface area (Å²) in [4.78, 5) is 4.80. The quantitative estimate of drug-likeness (QED) is 0.281. The zero-order valence-corrected chi connectivity index (χ0v) is 20.6. The summed E-state index contributed by atoms with van der Waals surface area (Å²) in [7, 11) is 0. The minimum Gasteiger partial charge on any atom is -0.256 e. The van der Waals surface area contributed by atoms with Gasteiger partial charge in [-0.15, -0.1) is 0 Å². The van der Waals surface area contributed by atoms with E-state index in [1.807, 2.05) is 36.5 Å². The third-order valence-electron chi connectivity index (χ3n) is 6.47. The van der Waals surface area contributed by atoms with Crippen LogP contribution in [-0.2, 0) is 0 Å². The molecule has 0 atom stereocenters.